The number of rotatable bonds is 9. The molecule has 0 aromatic carbocycles. The summed E-state index contributed by atoms with van der Waals surface area (Å²) in [5.41, 5.74) is 5.67. The Hall–Kier alpha value is -0.610. The highest BCUT2D eigenvalue weighted by Crippen LogP contribution is 2.14. The number of nitrogens with one attached hydrogen (secondary N) is 1. The number of nitrogens with zero attached hydrogens (tertiary/aromatic N) is 1. The van der Waals surface area contributed by atoms with Crippen molar-refractivity contribution in [1.82, 2.24) is 4.90 Å². The molecule has 1 atom stereocenters. The van der Waals surface area contributed by atoms with Gasteiger partial charge in [-0.2, -0.15) is 0 Å². The summed E-state index contributed by atoms with van der Waals surface area (Å²) in [7, 11) is 1.71. The molecule has 0 aliphatic rings. The summed E-state index contributed by atoms with van der Waals surface area (Å²) < 4.78 is 5.13. The van der Waals surface area contributed by atoms with Crippen molar-refractivity contribution in [3.8, 4) is 0 Å². The Morgan fingerprint density at radius 3 is 2.12 bits per heavy atom. The molecule has 16 heavy (non-hydrogen) atoms. The highest BCUT2D eigenvalue weighted by molar-refractivity contribution is 5.82. The van der Waals surface area contributed by atoms with Crippen LogP contribution in [0.2, 0.25) is 0 Å². The highest BCUT2D eigenvalue weighted by Gasteiger charge is 2.24. The summed E-state index contributed by atoms with van der Waals surface area (Å²) in [5, 5.41) is 7.66. The number of methoxy groups -OCH3 is 1. The van der Waals surface area contributed by atoms with Gasteiger partial charge in [-0.25, -0.2) is 0 Å². The van der Waals surface area contributed by atoms with Crippen LogP contribution in [0, 0.1) is 5.41 Å². The second-order valence-electron chi connectivity index (χ2n) is 4.08. The molecule has 0 aromatic rings. The SMILES string of the molecule is CCC(CC)N(CCOC)C(CC)C(=N)N. The van der Waals surface area contributed by atoms with Crippen LogP contribution in [0.25, 0.3) is 0 Å². The molecular formula is C12H27N3O. The Balaban J connectivity index is 4.66. The first-order valence-electron chi connectivity index (χ1n) is 6.20. The zero-order valence-corrected chi connectivity index (χ0v) is 11.1. The van der Waals surface area contributed by atoms with E-state index in [1.165, 1.54) is 0 Å². The molecular weight excluding hydrogens is 202 g/mol. The van der Waals surface area contributed by atoms with Crippen molar-refractivity contribution in [2.75, 3.05) is 20.3 Å². The first-order chi connectivity index (χ1) is 7.62. The van der Waals surface area contributed by atoms with Gasteiger partial charge in [-0.1, -0.05) is 20.8 Å². The monoisotopic (exact) mass is 229 g/mol. The first-order valence-corrected chi connectivity index (χ1v) is 6.20. The zero-order valence-electron chi connectivity index (χ0n) is 11.1. The van der Waals surface area contributed by atoms with Crippen molar-refractivity contribution in [3.05, 3.63) is 0 Å². The normalized spacial score (nSPS) is 13.4. The van der Waals surface area contributed by atoms with Gasteiger partial charge in [-0.05, 0) is 19.3 Å². The molecule has 0 radical (unpaired) electrons. The summed E-state index contributed by atoms with van der Waals surface area (Å²) in [6.07, 6.45) is 3.06. The van der Waals surface area contributed by atoms with E-state index in [9.17, 15) is 0 Å². The van der Waals surface area contributed by atoms with Crippen molar-refractivity contribution >= 4 is 5.84 Å². The molecule has 1 unspecified atom stereocenters. The van der Waals surface area contributed by atoms with Crippen LogP contribution in [0.4, 0.5) is 0 Å². The number of hydrogen-bond acceptors (Lipinski definition) is 3. The Morgan fingerprint density at radius 1 is 1.25 bits per heavy atom. The van der Waals surface area contributed by atoms with Gasteiger partial charge in [0.2, 0.25) is 0 Å². The van der Waals surface area contributed by atoms with E-state index in [0.717, 1.165) is 25.8 Å². The van der Waals surface area contributed by atoms with Crippen LogP contribution >= 0.6 is 0 Å². The molecule has 96 valence electrons. The van der Waals surface area contributed by atoms with Crippen LogP contribution in [-0.4, -0.2) is 43.1 Å². The largest absolute Gasteiger partial charge is 0.386 e. The van der Waals surface area contributed by atoms with Crippen LogP contribution in [0.5, 0.6) is 0 Å². The summed E-state index contributed by atoms with van der Waals surface area (Å²) in [4.78, 5) is 2.31. The molecule has 0 heterocycles. The molecule has 0 saturated carbocycles. The quantitative estimate of drug-likeness (QED) is 0.468. The summed E-state index contributed by atoms with van der Waals surface area (Å²) >= 11 is 0. The molecule has 4 heteroatoms. The maximum atomic E-state index is 7.66. The van der Waals surface area contributed by atoms with E-state index in [2.05, 4.69) is 25.7 Å². The molecule has 0 aliphatic carbocycles. The van der Waals surface area contributed by atoms with Gasteiger partial charge in [-0.3, -0.25) is 10.3 Å². The number of hydrogen-bond donors (Lipinski definition) is 2. The third-order valence-corrected chi connectivity index (χ3v) is 3.11. The van der Waals surface area contributed by atoms with Gasteiger partial charge in [-0.15, -0.1) is 0 Å². The molecule has 0 fully saturated rings. The Bertz CT molecular complexity index is 193. The predicted molar refractivity (Wildman–Crippen MR) is 68.9 cm³/mol. The Morgan fingerprint density at radius 2 is 1.81 bits per heavy atom. The predicted octanol–water partition coefficient (Wildman–Crippen LogP) is 1.84. The van der Waals surface area contributed by atoms with Crippen LogP contribution in [0.3, 0.4) is 0 Å². The average molecular weight is 229 g/mol. The minimum atomic E-state index is 0.0556. The Kier molecular flexibility index (Phi) is 8.21. The number of amidine groups is 1. The molecule has 0 saturated heterocycles. The third kappa shape index (κ3) is 4.49. The van der Waals surface area contributed by atoms with E-state index in [0.29, 0.717) is 12.6 Å². The van der Waals surface area contributed by atoms with Gasteiger partial charge in [0, 0.05) is 19.7 Å². The maximum Gasteiger partial charge on any atom is 0.108 e. The van der Waals surface area contributed by atoms with Crippen LogP contribution in [0.1, 0.15) is 40.0 Å². The molecule has 0 spiro atoms. The second-order valence-corrected chi connectivity index (χ2v) is 4.08. The summed E-state index contributed by atoms with van der Waals surface area (Å²) in [6, 6.07) is 0.545. The van der Waals surface area contributed by atoms with Crippen molar-refractivity contribution in [3.63, 3.8) is 0 Å². The average Bonchev–Trinajstić information content (AvgIpc) is 2.27. The van der Waals surface area contributed by atoms with Crippen LogP contribution < -0.4 is 5.73 Å². The van der Waals surface area contributed by atoms with Crippen molar-refractivity contribution in [1.29, 1.82) is 5.41 Å². The van der Waals surface area contributed by atoms with E-state index >= 15 is 0 Å². The minimum Gasteiger partial charge on any atom is -0.386 e. The molecule has 0 aliphatic heterocycles. The van der Waals surface area contributed by atoms with Gasteiger partial charge in [0.1, 0.15) is 5.84 Å². The minimum absolute atomic E-state index is 0.0556. The standard InChI is InChI=1S/C12H27N3O/c1-5-10(6-2)15(8-9-16-4)11(7-3)12(13)14/h10-11H,5-9H2,1-4H3,(H3,13,14). The third-order valence-electron chi connectivity index (χ3n) is 3.11. The van der Waals surface area contributed by atoms with Gasteiger partial charge in [0.25, 0.3) is 0 Å². The smallest absolute Gasteiger partial charge is 0.108 e. The van der Waals surface area contributed by atoms with Gasteiger partial charge >= 0.3 is 0 Å². The fourth-order valence-corrected chi connectivity index (χ4v) is 2.18. The van der Waals surface area contributed by atoms with Crippen LogP contribution in [-0.2, 0) is 4.74 Å². The van der Waals surface area contributed by atoms with E-state index in [1.807, 2.05) is 0 Å². The van der Waals surface area contributed by atoms with E-state index in [-0.39, 0.29) is 11.9 Å². The lowest BCUT2D eigenvalue weighted by atomic mass is 10.0. The van der Waals surface area contributed by atoms with Crippen LogP contribution in [0.15, 0.2) is 0 Å². The molecule has 0 rings (SSSR count). The van der Waals surface area contributed by atoms with Gasteiger partial charge in [0.05, 0.1) is 12.6 Å². The van der Waals surface area contributed by atoms with Gasteiger partial charge < -0.3 is 10.5 Å². The van der Waals surface area contributed by atoms with Crippen molar-refractivity contribution in [2.45, 2.75) is 52.1 Å². The second kappa shape index (κ2) is 8.53. The molecule has 0 bridgehead atoms. The molecule has 3 N–H and O–H groups in total. The van der Waals surface area contributed by atoms with E-state index < -0.39 is 0 Å². The van der Waals surface area contributed by atoms with Crippen molar-refractivity contribution < 1.29 is 4.74 Å². The van der Waals surface area contributed by atoms with E-state index in [4.69, 9.17) is 15.9 Å². The van der Waals surface area contributed by atoms with Crippen molar-refractivity contribution in [2.24, 2.45) is 5.73 Å². The number of ether oxygens (including phenoxy) is 1. The van der Waals surface area contributed by atoms with E-state index in [1.54, 1.807) is 7.11 Å². The van der Waals surface area contributed by atoms with Gasteiger partial charge in [0.15, 0.2) is 0 Å². The highest BCUT2D eigenvalue weighted by atomic mass is 16.5. The number of nitrogens with two attached hydrogens (primary N) is 1. The maximum absolute atomic E-state index is 7.66. The lowest BCUT2D eigenvalue weighted by Gasteiger charge is -2.36. The Labute approximate surface area is 99.7 Å². The summed E-state index contributed by atoms with van der Waals surface area (Å²) in [6.45, 7) is 7.98. The fraction of sp³-hybridized carbons (Fsp3) is 0.917. The summed E-state index contributed by atoms with van der Waals surface area (Å²) in [5.74, 6) is 0.269. The molecule has 0 amide bonds. The molecule has 4 nitrogen and oxygen atoms in total. The first kappa shape index (κ1) is 15.4. The zero-order chi connectivity index (χ0) is 12.6. The molecule has 0 aromatic heterocycles. The fourth-order valence-electron chi connectivity index (χ4n) is 2.18. The lowest BCUT2D eigenvalue weighted by molar-refractivity contribution is 0.0987. The lowest BCUT2D eigenvalue weighted by Crippen LogP contribution is -2.50. The topological polar surface area (TPSA) is 62.3 Å².